The first-order chi connectivity index (χ1) is 1.73. The van der Waals surface area contributed by atoms with Gasteiger partial charge in [-0.05, 0) is 0 Å². The van der Waals surface area contributed by atoms with Gasteiger partial charge in [-0.15, -0.1) is 11.4 Å². The van der Waals surface area contributed by atoms with Crippen LogP contribution < -0.4 is 6.15 Å². The summed E-state index contributed by atoms with van der Waals surface area (Å²) in [5.74, 6) is 0. The molecule has 0 aromatic carbocycles. The molecular formula is H4NO3PtS. The fraction of sp³-hybridized carbons (Fsp3) is 0. The van der Waals surface area contributed by atoms with E-state index >= 15 is 0 Å². The number of quaternary nitrogens is 1. The Hall–Kier alpha value is 0.718. The summed E-state index contributed by atoms with van der Waals surface area (Å²) < 4.78 is 25.3. The van der Waals surface area contributed by atoms with Gasteiger partial charge in [-0.1, -0.05) is 0 Å². The molecule has 0 aromatic rings. The molecule has 0 aromatic heterocycles. The van der Waals surface area contributed by atoms with Gasteiger partial charge in [0.2, 0.25) is 0 Å². The van der Waals surface area contributed by atoms with Crippen molar-refractivity contribution >= 4 is 11.4 Å². The average molecular weight is 293 g/mol. The molecule has 0 aliphatic heterocycles. The van der Waals surface area contributed by atoms with Crippen LogP contribution in [-0.4, -0.2) is 13.3 Å². The molecule has 0 saturated carbocycles. The van der Waals surface area contributed by atoms with Crippen molar-refractivity contribution in [2.45, 2.75) is 0 Å². The van der Waals surface area contributed by atoms with E-state index in [1.54, 1.807) is 0 Å². The third-order valence-corrected chi connectivity index (χ3v) is 0. The van der Waals surface area contributed by atoms with E-state index in [2.05, 4.69) is 0 Å². The second kappa shape index (κ2) is 9.21. The van der Waals surface area contributed by atoms with E-state index < -0.39 is 11.4 Å². The summed E-state index contributed by atoms with van der Waals surface area (Å²) in [4.78, 5) is 0. The third kappa shape index (κ3) is 126. The van der Waals surface area contributed by atoms with Gasteiger partial charge in [0.15, 0.2) is 0 Å². The van der Waals surface area contributed by atoms with Gasteiger partial charge in [0.05, 0.1) is 0 Å². The molecule has 0 fully saturated rings. The van der Waals surface area contributed by atoms with Crippen LogP contribution in [0.1, 0.15) is 0 Å². The minimum Gasteiger partial charge on any atom is -0.784 e. The minimum atomic E-state index is -3.11. The molecule has 0 atom stereocenters. The van der Waals surface area contributed by atoms with Crippen LogP contribution in [0.25, 0.3) is 0 Å². The first kappa shape index (κ1) is 15.9. The second-order valence-corrected chi connectivity index (χ2v) is 0.612. The molecule has 0 aliphatic carbocycles. The fourth-order valence-corrected chi connectivity index (χ4v) is 0. The molecule has 0 heterocycles. The van der Waals surface area contributed by atoms with Gasteiger partial charge >= 0.3 is 21.1 Å². The summed E-state index contributed by atoms with van der Waals surface area (Å²) in [5, 5.41) is 0. The molecule has 4 N–H and O–H groups in total. The Bertz CT molecular complexity index is 33.8. The third-order valence-electron chi connectivity index (χ3n) is 0. The van der Waals surface area contributed by atoms with Crippen LogP contribution in [0.2, 0.25) is 0 Å². The summed E-state index contributed by atoms with van der Waals surface area (Å²) in [6.07, 6.45) is 0. The van der Waals surface area contributed by atoms with Crippen molar-refractivity contribution in [3.8, 4) is 0 Å². The Labute approximate surface area is 52.3 Å². The van der Waals surface area contributed by atoms with E-state index in [4.69, 9.17) is 13.3 Å². The van der Waals surface area contributed by atoms with Crippen LogP contribution in [0.3, 0.4) is 0 Å². The molecule has 0 unspecified atom stereocenters. The average Bonchev–Trinajstić information content (AvgIpc) is 0.811. The van der Waals surface area contributed by atoms with Crippen LogP contribution in [0.15, 0.2) is 0 Å². The standard InChI is InChI=1S/H3N.H2O3S.Pt/c;1-4(2)3;/h1H3;(H2,1,2,3);/q;;+1/p-1. The van der Waals surface area contributed by atoms with E-state index in [-0.39, 0.29) is 27.2 Å². The van der Waals surface area contributed by atoms with Crippen LogP contribution >= 0.6 is 0 Å². The fourth-order valence-electron chi connectivity index (χ4n) is 0. The zero-order valence-corrected chi connectivity index (χ0v) is 6.04. The predicted molar refractivity (Wildman–Crippen MR) is 15.7 cm³/mol. The Morgan fingerprint density at radius 3 is 1.33 bits per heavy atom. The van der Waals surface area contributed by atoms with Crippen molar-refractivity contribution in [1.29, 1.82) is 0 Å². The normalized spacial score (nSPS) is 5.83. The van der Waals surface area contributed by atoms with E-state index in [0.717, 1.165) is 0 Å². The van der Waals surface area contributed by atoms with Gasteiger partial charge in [-0.3, -0.25) is 4.21 Å². The number of hydrogen-bond acceptors (Lipinski definition) is 3. The van der Waals surface area contributed by atoms with E-state index in [0.29, 0.717) is 0 Å². The van der Waals surface area contributed by atoms with Crippen LogP contribution in [0, 0.1) is 0 Å². The quantitative estimate of drug-likeness (QED) is 0.602. The zero-order valence-electron chi connectivity index (χ0n) is 2.95. The summed E-state index contributed by atoms with van der Waals surface area (Å²) in [6, 6.07) is 0. The number of hydrogen-bond donors (Lipinski definition) is 1. The maximum absolute atomic E-state index is 8.44. The summed E-state index contributed by atoms with van der Waals surface area (Å²) >= 11 is -3.11. The summed E-state index contributed by atoms with van der Waals surface area (Å²) in [7, 11) is 0. The monoisotopic (exact) mass is 293 g/mol. The van der Waals surface area contributed by atoms with Crippen molar-refractivity contribution in [3.63, 3.8) is 0 Å². The van der Waals surface area contributed by atoms with Gasteiger partial charge in [0, 0.05) is 0 Å². The SMILES string of the molecule is O=S([O-])[O-].[NH4+].[Pt+]. The molecule has 1 radical (unpaired) electrons. The molecule has 0 rings (SSSR count). The van der Waals surface area contributed by atoms with Crippen LogP contribution in [0.4, 0.5) is 0 Å². The molecule has 6 heteroatoms. The van der Waals surface area contributed by atoms with Crippen molar-refractivity contribution in [2.75, 3.05) is 0 Å². The van der Waals surface area contributed by atoms with Gasteiger partial charge in [-0.2, -0.15) is 0 Å². The molecule has 0 spiro atoms. The first-order valence-electron chi connectivity index (χ1n) is 0.500. The molecule has 0 amide bonds. The Morgan fingerprint density at radius 1 is 1.33 bits per heavy atom. The first-order valence-corrected chi connectivity index (χ1v) is 1.50. The van der Waals surface area contributed by atoms with Crippen molar-refractivity contribution < 1.29 is 34.4 Å². The molecule has 6 heavy (non-hydrogen) atoms. The van der Waals surface area contributed by atoms with Gasteiger partial charge in [0.1, 0.15) is 0 Å². The Balaban J connectivity index is -0.0000000450. The van der Waals surface area contributed by atoms with Crippen molar-refractivity contribution in [2.24, 2.45) is 0 Å². The zero-order chi connectivity index (χ0) is 3.58. The predicted octanol–water partition coefficient (Wildman–Crippen LogP) is -0.630. The van der Waals surface area contributed by atoms with E-state index in [1.807, 2.05) is 0 Å². The van der Waals surface area contributed by atoms with Crippen molar-refractivity contribution in [3.05, 3.63) is 0 Å². The molecule has 0 bridgehead atoms. The largest absolute Gasteiger partial charge is 1.00 e. The second-order valence-electron chi connectivity index (χ2n) is 0.204. The van der Waals surface area contributed by atoms with Gasteiger partial charge < -0.3 is 15.3 Å². The Morgan fingerprint density at radius 2 is 1.33 bits per heavy atom. The Kier molecular flexibility index (Phi) is 24.4. The molecular weight excluding hydrogens is 289 g/mol. The molecule has 0 saturated heterocycles. The summed E-state index contributed by atoms with van der Waals surface area (Å²) in [6.45, 7) is 0. The molecule has 0 aliphatic rings. The summed E-state index contributed by atoms with van der Waals surface area (Å²) in [5.41, 5.74) is 0. The van der Waals surface area contributed by atoms with E-state index in [1.165, 1.54) is 0 Å². The van der Waals surface area contributed by atoms with Gasteiger partial charge in [-0.25, -0.2) is 0 Å². The van der Waals surface area contributed by atoms with E-state index in [9.17, 15) is 0 Å². The van der Waals surface area contributed by atoms with Crippen LogP contribution in [-0.2, 0) is 32.4 Å². The van der Waals surface area contributed by atoms with Gasteiger partial charge in [0.25, 0.3) is 0 Å². The van der Waals surface area contributed by atoms with Crippen LogP contribution in [0.5, 0.6) is 0 Å². The number of rotatable bonds is 0. The topological polar surface area (TPSA) is 99.7 Å². The van der Waals surface area contributed by atoms with Crippen molar-refractivity contribution in [1.82, 2.24) is 6.15 Å². The molecule has 4 nitrogen and oxygen atoms in total. The molecule has 43 valence electrons. The maximum atomic E-state index is 8.44. The smallest absolute Gasteiger partial charge is 0.784 e. The minimum absolute atomic E-state index is 0. The maximum Gasteiger partial charge on any atom is 1.00 e.